The molecule has 0 aliphatic heterocycles. The lowest BCUT2D eigenvalue weighted by Crippen LogP contribution is -2.71. The Morgan fingerprint density at radius 3 is 2.39 bits per heavy atom. The van der Waals surface area contributed by atoms with Crippen molar-refractivity contribution in [2.45, 2.75) is 49.1 Å². The zero-order valence-electron chi connectivity index (χ0n) is 13.8. The van der Waals surface area contributed by atoms with E-state index in [1.807, 2.05) is 19.1 Å². The smallest absolute Gasteiger partial charge is 0.232 e. The minimum absolute atomic E-state index is 0.0622. The van der Waals surface area contributed by atoms with Crippen LogP contribution in [0.1, 0.15) is 37.8 Å². The Morgan fingerprint density at radius 1 is 1.26 bits per heavy atom. The summed E-state index contributed by atoms with van der Waals surface area (Å²) in [4.78, 5) is 13.4. The van der Waals surface area contributed by atoms with E-state index in [0.717, 1.165) is 24.1 Å². The average molecular weight is 508 g/mol. The predicted octanol–water partition coefficient (Wildman–Crippen LogP) is 5.93. The fraction of sp³-hybridized carbons (Fsp3) is 0.611. The Kier molecular flexibility index (Phi) is 4.34. The van der Waals surface area contributed by atoms with Gasteiger partial charge in [-0.2, -0.15) is 0 Å². The standard InChI is InChI=1S/C18H22Br3NO/c1-10-5-6-12(11(2)9-10)22-15(23)18-8-7-17(13(18)19,14(20)21)16(18,3)4/h5-6,9,13-14H,7-8H2,1-4H3,(H,22,23)/t13-,17-,18+/m0/s1. The lowest BCUT2D eigenvalue weighted by atomic mass is 9.43. The van der Waals surface area contributed by atoms with Crippen LogP contribution >= 0.6 is 47.8 Å². The third-order valence-corrected chi connectivity index (χ3v) is 9.75. The molecule has 23 heavy (non-hydrogen) atoms. The van der Waals surface area contributed by atoms with E-state index in [2.05, 4.69) is 79.9 Å². The van der Waals surface area contributed by atoms with Gasteiger partial charge < -0.3 is 5.32 Å². The predicted molar refractivity (Wildman–Crippen MR) is 107 cm³/mol. The van der Waals surface area contributed by atoms with Crippen molar-refractivity contribution in [1.29, 1.82) is 0 Å². The van der Waals surface area contributed by atoms with Gasteiger partial charge >= 0.3 is 0 Å². The minimum Gasteiger partial charge on any atom is -0.325 e. The van der Waals surface area contributed by atoms with E-state index in [-0.39, 0.29) is 30.7 Å². The Labute approximate surface area is 163 Å². The molecule has 1 aromatic rings. The number of amides is 1. The molecular weight excluding hydrogens is 486 g/mol. The number of fused-ring (bicyclic) bond motifs is 1. The summed E-state index contributed by atoms with van der Waals surface area (Å²) in [5.41, 5.74) is 2.87. The number of hydrogen-bond donors (Lipinski definition) is 1. The summed E-state index contributed by atoms with van der Waals surface area (Å²) in [7, 11) is 0. The molecule has 3 fully saturated rings. The van der Waals surface area contributed by atoms with Crippen LogP contribution in [0.2, 0.25) is 0 Å². The minimum atomic E-state index is -0.357. The van der Waals surface area contributed by atoms with E-state index in [1.54, 1.807) is 0 Å². The summed E-state index contributed by atoms with van der Waals surface area (Å²) in [5, 5.41) is 3.20. The Balaban J connectivity index is 1.92. The maximum Gasteiger partial charge on any atom is 0.232 e. The first-order chi connectivity index (χ1) is 10.6. The maximum absolute atomic E-state index is 13.2. The molecule has 3 saturated carbocycles. The number of carbonyl (C=O) groups excluding carboxylic acids is 1. The fourth-order valence-electron chi connectivity index (χ4n) is 4.89. The molecule has 2 nitrogen and oxygen atoms in total. The first-order valence-corrected chi connectivity index (χ1v) is 10.7. The van der Waals surface area contributed by atoms with Gasteiger partial charge in [0.25, 0.3) is 0 Å². The molecule has 1 amide bonds. The molecule has 4 rings (SSSR count). The lowest BCUT2D eigenvalue weighted by molar-refractivity contribution is -0.155. The van der Waals surface area contributed by atoms with Crippen LogP contribution in [0.4, 0.5) is 5.69 Å². The van der Waals surface area contributed by atoms with Gasteiger partial charge in [-0.15, -0.1) is 0 Å². The van der Waals surface area contributed by atoms with Gasteiger partial charge in [-0.05, 0) is 43.7 Å². The van der Waals surface area contributed by atoms with E-state index >= 15 is 0 Å². The number of anilines is 1. The van der Waals surface area contributed by atoms with Gasteiger partial charge in [-0.25, -0.2) is 0 Å². The molecule has 0 heterocycles. The number of benzene rings is 1. The second kappa shape index (κ2) is 5.57. The highest BCUT2D eigenvalue weighted by Crippen LogP contribution is 2.82. The largest absolute Gasteiger partial charge is 0.325 e. The van der Waals surface area contributed by atoms with Crippen molar-refractivity contribution in [2.75, 3.05) is 5.32 Å². The van der Waals surface area contributed by atoms with Crippen LogP contribution in [-0.2, 0) is 4.79 Å². The lowest BCUT2D eigenvalue weighted by Gasteiger charge is -2.66. The molecule has 0 radical (unpaired) electrons. The van der Waals surface area contributed by atoms with Crippen LogP contribution in [0.25, 0.3) is 0 Å². The summed E-state index contributed by atoms with van der Waals surface area (Å²) in [5.74, 6) is 0.144. The van der Waals surface area contributed by atoms with Crippen molar-refractivity contribution < 1.29 is 4.79 Å². The SMILES string of the molecule is Cc1ccc(NC(=O)[C@@]23CC[C@@](C(Br)Br)([C@@H]2Br)C3(C)C)c(C)c1. The van der Waals surface area contributed by atoms with Crippen LogP contribution in [0.3, 0.4) is 0 Å². The Bertz CT molecular complexity index is 672. The van der Waals surface area contributed by atoms with E-state index in [0.29, 0.717) is 0 Å². The van der Waals surface area contributed by atoms with Crippen LogP contribution < -0.4 is 5.32 Å². The van der Waals surface area contributed by atoms with Gasteiger partial charge in [0.1, 0.15) is 0 Å². The first-order valence-electron chi connectivity index (χ1n) is 7.92. The van der Waals surface area contributed by atoms with Crippen molar-refractivity contribution in [1.82, 2.24) is 0 Å². The molecule has 0 unspecified atom stereocenters. The van der Waals surface area contributed by atoms with Crippen LogP contribution in [0.5, 0.6) is 0 Å². The van der Waals surface area contributed by atoms with E-state index in [4.69, 9.17) is 0 Å². The third kappa shape index (κ3) is 2.05. The molecule has 3 aliphatic rings. The molecule has 2 bridgehead atoms. The molecule has 1 N–H and O–H groups in total. The van der Waals surface area contributed by atoms with E-state index < -0.39 is 0 Å². The molecule has 0 aromatic heterocycles. The summed E-state index contributed by atoms with van der Waals surface area (Å²) >= 11 is 11.3. The summed E-state index contributed by atoms with van der Waals surface area (Å²) in [6.45, 7) is 8.58. The van der Waals surface area contributed by atoms with Crippen molar-refractivity contribution >= 4 is 59.4 Å². The second-order valence-corrected chi connectivity index (χ2v) is 11.5. The summed E-state index contributed by atoms with van der Waals surface area (Å²) < 4.78 is 0.200. The van der Waals surface area contributed by atoms with Gasteiger partial charge in [0.05, 0.1) is 9.15 Å². The van der Waals surface area contributed by atoms with Gasteiger partial charge in [0, 0.05) is 15.9 Å². The van der Waals surface area contributed by atoms with E-state index in [1.165, 1.54) is 5.56 Å². The molecule has 0 spiro atoms. The van der Waals surface area contributed by atoms with Gasteiger partial charge in [-0.1, -0.05) is 79.3 Å². The number of aryl methyl sites for hydroxylation is 2. The van der Waals surface area contributed by atoms with Crippen LogP contribution in [0.15, 0.2) is 18.2 Å². The van der Waals surface area contributed by atoms with Crippen molar-refractivity contribution in [3.05, 3.63) is 29.3 Å². The van der Waals surface area contributed by atoms with Crippen LogP contribution in [0, 0.1) is 30.1 Å². The maximum atomic E-state index is 13.2. The zero-order chi connectivity index (χ0) is 17.2. The molecule has 1 aromatic carbocycles. The molecule has 5 heteroatoms. The van der Waals surface area contributed by atoms with Crippen molar-refractivity contribution in [3.63, 3.8) is 0 Å². The van der Waals surface area contributed by atoms with Gasteiger partial charge in [0.15, 0.2) is 0 Å². The zero-order valence-corrected chi connectivity index (χ0v) is 18.6. The summed E-state index contributed by atoms with van der Waals surface area (Å²) in [6, 6.07) is 6.16. The van der Waals surface area contributed by atoms with Gasteiger partial charge in [-0.3, -0.25) is 4.79 Å². The Morgan fingerprint density at radius 2 is 1.91 bits per heavy atom. The highest BCUT2D eigenvalue weighted by atomic mass is 79.9. The number of hydrogen-bond acceptors (Lipinski definition) is 1. The van der Waals surface area contributed by atoms with Crippen molar-refractivity contribution in [3.8, 4) is 0 Å². The van der Waals surface area contributed by atoms with Gasteiger partial charge in [0.2, 0.25) is 5.91 Å². The normalized spacial score (nSPS) is 34.3. The second-order valence-electron chi connectivity index (χ2n) is 7.57. The number of rotatable bonds is 3. The molecule has 3 aliphatic carbocycles. The number of carbonyl (C=O) groups is 1. The Hall–Kier alpha value is 0.130. The molecular formula is C18H22Br3NO. The monoisotopic (exact) mass is 505 g/mol. The number of alkyl halides is 3. The molecule has 0 saturated heterocycles. The first kappa shape index (κ1) is 17.9. The highest BCUT2D eigenvalue weighted by molar-refractivity contribution is 9.24. The molecule has 126 valence electrons. The summed E-state index contributed by atoms with van der Waals surface area (Å²) in [6.07, 6.45) is 1.96. The van der Waals surface area contributed by atoms with Crippen LogP contribution in [-0.4, -0.2) is 14.5 Å². The number of halogens is 3. The highest BCUT2D eigenvalue weighted by Gasteiger charge is 2.83. The number of nitrogens with one attached hydrogen (secondary N) is 1. The fourth-order valence-corrected chi connectivity index (χ4v) is 9.80. The average Bonchev–Trinajstić information content (AvgIpc) is 2.91. The van der Waals surface area contributed by atoms with Crippen molar-refractivity contribution in [2.24, 2.45) is 16.2 Å². The quantitative estimate of drug-likeness (QED) is 0.505. The molecule has 3 atom stereocenters. The van der Waals surface area contributed by atoms with E-state index in [9.17, 15) is 4.79 Å². The topological polar surface area (TPSA) is 29.1 Å². The third-order valence-electron chi connectivity index (χ3n) is 6.52.